The van der Waals surface area contributed by atoms with Gasteiger partial charge in [-0.1, -0.05) is 30.7 Å². The van der Waals surface area contributed by atoms with Crippen LogP contribution >= 0.6 is 0 Å². The number of rotatable bonds is 8. The molecule has 0 saturated carbocycles. The highest BCUT2D eigenvalue weighted by Crippen LogP contribution is 2.33. The number of nitrogens with zero attached hydrogens (tertiary/aromatic N) is 1. The number of alkyl carbamates (subject to hydrolysis) is 1. The lowest BCUT2D eigenvalue weighted by Gasteiger charge is -2.43. The van der Waals surface area contributed by atoms with Crippen molar-refractivity contribution in [3.8, 4) is 0 Å². The molecule has 0 saturated heterocycles. The zero-order valence-corrected chi connectivity index (χ0v) is 21.4. The molecule has 0 bridgehead atoms. The first-order valence-electron chi connectivity index (χ1n) is 11.3. The Hall–Kier alpha value is -2.57. The van der Waals surface area contributed by atoms with Gasteiger partial charge < -0.3 is 20.3 Å². The summed E-state index contributed by atoms with van der Waals surface area (Å²) in [5.74, 6) is -0.603. The van der Waals surface area contributed by atoms with Crippen LogP contribution in [0.5, 0.6) is 0 Å². The van der Waals surface area contributed by atoms with E-state index >= 15 is 0 Å². The van der Waals surface area contributed by atoms with E-state index < -0.39 is 23.3 Å². The number of hydrogen-bond donors (Lipinski definition) is 2. The fraction of sp³-hybridized carbons (Fsp3) is 0.640. The number of carbonyl (C=O) groups is 3. The molecular formula is C25H41N3O4. The Morgan fingerprint density at radius 1 is 1.06 bits per heavy atom. The van der Waals surface area contributed by atoms with Crippen molar-refractivity contribution in [2.24, 2.45) is 0 Å². The van der Waals surface area contributed by atoms with E-state index in [0.717, 1.165) is 16.7 Å². The van der Waals surface area contributed by atoms with E-state index in [1.165, 1.54) is 0 Å². The van der Waals surface area contributed by atoms with Crippen LogP contribution < -0.4 is 10.6 Å². The van der Waals surface area contributed by atoms with Crippen molar-refractivity contribution in [3.63, 3.8) is 0 Å². The van der Waals surface area contributed by atoms with E-state index in [2.05, 4.69) is 10.6 Å². The molecule has 180 valence electrons. The molecule has 1 rings (SSSR count). The summed E-state index contributed by atoms with van der Waals surface area (Å²) in [7, 11) is 0. The summed E-state index contributed by atoms with van der Waals surface area (Å²) >= 11 is 0. The first kappa shape index (κ1) is 27.5. The number of aryl methyl sites for hydroxylation is 2. The van der Waals surface area contributed by atoms with Gasteiger partial charge in [0.15, 0.2) is 0 Å². The Labute approximate surface area is 193 Å². The Morgan fingerprint density at radius 2 is 1.66 bits per heavy atom. The topological polar surface area (TPSA) is 87.7 Å². The van der Waals surface area contributed by atoms with Gasteiger partial charge in [0.25, 0.3) is 0 Å². The van der Waals surface area contributed by atoms with Gasteiger partial charge >= 0.3 is 6.09 Å². The summed E-state index contributed by atoms with van der Waals surface area (Å²) in [6, 6.07) is 4.97. The van der Waals surface area contributed by atoms with Crippen LogP contribution in [0.1, 0.15) is 84.5 Å². The second kappa shape index (κ2) is 10.8. The van der Waals surface area contributed by atoms with Crippen LogP contribution in [-0.2, 0) is 14.3 Å². The van der Waals surface area contributed by atoms with Crippen molar-refractivity contribution in [3.05, 3.63) is 34.9 Å². The second-order valence-corrected chi connectivity index (χ2v) is 10.2. The molecule has 0 heterocycles. The second-order valence-electron chi connectivity index (χ2n) is 10.2. The summed E-state index contributed by atoms with van der Waals surface area (Å²) in [6.07, 6.45) is -0.0448. The van der Waals surface area contributed by atoms with Gasteiger partial charge in [-0.05, 0) is 79.9 Å². The van der Waals surface area contributed by atoms with Gasteiger partial charge in [0, 0.05) is 11.6 Å². The van der Waals surface area contributed by atoms with Crippen LogP contribution in [0.2, 0.25) is 0 Å². The van der Waals surface area contributed by atoms with E-state index in [0.29, 0.717) is 6.42 Å². The van der Waals surface area contributed by atoms with Crippen molar-refractivity contribution in [1.82, 2.24) is 15.5 Å². The molecule has 0 fully saturated rings. The maximum atomic E-state index is 13.5. The zero-order valence-electron chi connectivity index (χ0n) is 21.4. The Kier molecular flexibility index (Phi) is 9.30. The Bertz CT molecular complexity index is 825. The van der Waals surface area contributed by atoms with Crippen molar-refractivity contribution in [2.75, 3.05) is 6.54 Å². The number of nitrogens with one attached hydrogen (secondary N) is 2. The SMILES string of the molecule is CCC(C)(C)N(C(=O)CNC(=O)OC(C)(C)C)C(C(=O)NC(C)C)c1cc(C)ccc1C. The fourth-order valence-electron chi connectivity index (χ4n) is 3.36. The smallest absolute Gasteiger partial charge is 0.408 e. The minimum absolute atomic E-state index is 0.0864. The largest absolute Gasteiger partial charge is 0.444 e. The van der Waals surface area contributed by atoms with Crippen LogP contribution in [0, 0.1) is 13.8 Å². The number of benzene rings is 1. The highest BCUT2D eigenvalue weighted by atomic mass is 16.6. The van der Waals surface area contributed by atoms with Gasteiger partial charge in [-0.15, -0.1) is 0 Å². The predicted molar refractivity (Wildman–Crippen MR) is 127 cm³/mol. The molecule has 0 aliphatic rings. The van der Waals surface area contributed by atoms with Gasteiger partial charge in [-0.2, -0.15) is 0 Å². The average Bonchev–Trinajstić information content (AvgIpc) is 2.64. The van der Waals surface area contributed by atoms with E-state index in [1.54, 1.807) is 25.7 Å². The van der Waals surface area contributed by atoms with Gasteiger partial charge in [-0.25, -0.2) is 4.79 Å². The highest BCUT2D eigenvalue weighted by Gasteiger charge is 2.40. The minimum Gasteiger partial charge on any atom is -0.444 e. The molecular weight excluding hydrogens is 406 g/mol. The van der Waals surface area contributed by atoms with Gasteiger partial charge in [0.1, 0.15) is 18.2 Å². The quantitative estimate of drug-likeness (QED) is 0.618. The first-order valence-corrected chi connectivity index (χ1v) is 11.3. The van der Waals surface area contributed by atoms with Crippen LogP contribution in [0.15, 0.2) is 18.2 Å². The maximum Gasteiger partial charge on any atom is 0.408 e. The number of ether oxygens (including phenoxy) is 1. The standard InChI is InChI=1S/C25H41N3O4/c1-11-25(9,10)28(20(29)15-26-23(31)32-24(6,7)8)21(22(30)27-16(2)3)19-14-17(4)12-13-18(19)5/h12-14,16,21H,11,15H2,1-10H3,(H,26,31)(H,27,30). The monoisotopic (exact) mass is 447 g/mol. The molecule has 0 aliphatic carbocycles. The van der Waals surface area contributed by atoms with Gasteiger partial charge in [0.2, 0.25) is 11.8 Å². The van der Waals surface area contributed by atoms with Crippen LogP contribution in [0.3, 0.4) is 0 Å². The molecule has 0 radical (unpaired) electrons. The van der Waals surface area contributed by atoms with Gasteiger partial charge in [-0.3, -0.25) is 9.59 Å². The van der Waals surface area contributed by atoms with Crippen molar-refractivity contribution in [1.29, 1.82) is 0 Å². The van der Waals surface area contributed by atoms with E-state index in [-0.39, 0.29) is 24.4 Å². The molecule has 0 aromatic heterocycles. The molecule has 7 nitrogen and oxygen atoms in total. The van der Waals surface area contributed by atoms with Crippen molar-refractivity contribution >= 4 is 17.9 Å². The third-order valence-corrected chi connectivity index (χ3v) is 5.24. The third-order valence-electron chi connectivity index (χ3n) is 5.24. The van der Waals surface area contributed by atoms with Crippen molar-refractivity contribution < 1.29 is 19.1 Å². The lowest BCUT2D eigenvalue weighted by Crippen LogP contribution is -2.56. The first-order chi connectivity index (χ1) is 14.6. The van der Waals surface area contributed by atoms with E-state index in [4.69, 9.17) is 4.74 Å². The van der Waals surface area contributed by atoms with Crippen LogP contribution in [-0.4, -0.2) is 46.5 Å². The number of amides is 3. The molecule has 1 unspecified atom stereocenters. The molecule has 3 amide bonds. The van der Waals surface area contributed by atoms with Crippen LogP contribution in [0.4, 0.5) is 4.79 Å². The van der Waals surface area contributed by atoms with Crippen LogP contribution in [0.25, 0.3) is 0 Å². The van der Waals surface area contributed by atoms with Crippen molar-refractivity contribution in [2.45, 2.75) is 98.9 Å². The summed E-state index contributed by atoms with van der Waals surface area (Å²) in [6.45, 7) is 18.5. The number of carbonyl (C=O) groups excluding carboxylic acids is 3. The molecule has 1 aromatic carbocycles. The summed E-state index contributed by atoms with van der Waals surface area (Å²) in [4.78, 5) is 40.7. The lowest BCUT2D eigenvalue weighted by molar-refractivity contribution is -0.147. The molecule has 1 atom stereocenters. The molecule has 0 aliphatic heterocycles. The summed E-state index contributed by atoms with van der Waals surface area (Å²) < 4.78 is 5.26. The fourth-order valence-corrected chi connectivity index (χ4v) is 3.36. The molecule has 0 spiro atoms. The Morgan fingerprint density at radius 3 is 2.16 bits per heavy atom. The third kappa shape index (κ3) is 7.84. The number of hydrogen-bond acceptors (Lipinski definition) is 4. The Balaban J connectivity index is 3.43. The lowest BCUT2D eigenvalue weighted by atomic mass is 9.90. The van der Waals surface area contributed by atoms with E-state index in [9.17, 15) is 14.4 Å². The molecule has 1 aromatic rings. The molecule has 32 heavy (non-hydrogen) atoms. The average molecular weight is 448 g/mol. The molecule has 2 N–H and O–H groups in total. The zero-order chi connectivity index (χ0) is 24.9. The molecule has 7 heteroatoms. The summed E-state index contributed by atoms with van der Waals surface area (Å²) in [5.41, 5.74) is 1.39. The predicted octanol–water partition coefficient (Wildman–Crippen LogP) is 4.41. The normalized spacial score (nSPS) is 12.8. The van der Waals surface area contributed by atoms with E-state index in [1.807, 2.05) is 66.7 Å². The highest BCUT2D eigenvalue weighted by molar-refractivity contribution is 5.91. The maximum absolute atomic E-state index is 13.5. The minimum atomic E-state index is -0.833. The summed E-state index contributed by atoms with van der Waals surface area (Å²) in [5, 5.41) is 5.51. The van der Waals surface area contributed by atoms with Gasteiger partial charge in [0.05, 0.1) is 0 Å².